The van der Waals surface area contributed by atoms with Gasteiger partial charge in [-0.05, 0) is 19.1 Å². The zero-order chi connectivity index (χ0) is 18.7. The number of halogens is 3. The Kier molecular flexibility index (Phi) is 4.94. The highest BCUT2D eigenvalue weighted by molar-refractivity contribution is 5.45. The van der Waals surface area contributed by atoms with E-state index in [2.05, 4.69) is 20.4 Å². The number of rotatable bonds is 6. The third kappa shape index (κ3) is 4.20. The number of para-hydroxylation sites is 1. The number of aliphatic hydroxyl groups is 1. The molecule has 3 rings (SSSR count). The van der Waals surface area contributed by atoms with Gasteiger partial charge in [0.15, 0.2) is 0 Å². The monoisotopic (exact) mass is 367 g/mol. The Hall–Kier alpha value is -2.88. The van der Waals surface area contributed by atoms with Crippen molar-refractivity contribution in [3.05, 3.63) is 47.9 Å². The molecular weight excluding hydrogens is 351 g/mol. The SMILES string of the molecule is Cc1cc(NCC(O)COc2ccccc2)n2nc(C(F)(F)F)nc2n1. The van der Waals surface area contributed by atoms with Gasteiger partial charge in [0, 0.05) is 18.3 Å². The van der Waals surface area contributed by atoms with Crippen molar-refractivity contribution in [2.75, 3.05) is 18.5 Å². The molecule has 0 fully saturated rings. The Bertz CT molecular complexity index is 883. The third-order valence-corrected chi connectivity index (χ3v) is 3.40. The molecule has 0 radical (unpaired) electrons. The predicted molar refractivity (Wildman–Crippen MR) is 87.0 cm³/mol. The first-order valence-electron chi connectivity index (χ1n) is 7.74. The standard InChI is InChI=1S/C16H16F3N5O2/c1-10-7-13(24-15(21-10)22-14(23-24)16(17,18)19)20-8-11(25)9-26-12-5-3-2-4-6-12/h2-7,11,20,25H,8-9H2,1H3. The van der Waals surface area contributed by atoms with Gasteiger partial charge in [-0.25, -0.2) is 4.98 Å². The Labute approximate surface area is 146 Å². The number of hydrogen-bond acceptors (Lipinski definition) is 6. The minimum Gasteiger partial charge on any atom is -0.491 e. The molecule has 1 aromatic carbocycles. The van der Waals surface area contributed by atoms with Crippen LogP contribution in [0.15, 0.2) is 36.4 Å². The molecule has 26 heavy (non-hydrogen) atoms. The number of aliphatic hydroxyl groups excluding tert-OH is 1. The molecule has 10 heteroatoms. The van der Waals surface area contributed by atoms with Gasteiger partial charge in [-0.3, -0.25) is 0 Å². The van der Waals surface area contributed by atoms with Crippen LogP contribution in [0, 0.1) is 6.92 Å². The highest BCUT2D eigenvalue weighted by atomic mass is 19.4. The number of alkyl halides is 3. The number of fused-ring (bicyclic) bond motifs is 1. The molecule has 0 aliphatic carbocycles. The normalized spacial score (nSPS) is 13.0. The number of aryl methyl sites for hydroxylation is 1. The van der Waals surface area contributed by atoms with Gasteiger partial charge < -0.3 is 15.2 Å². The Morgan fingerprint density at radius 1 is 1.23 bits per heavy atom. The summed E-state index contributed by atoms with van der Waals surface area (Å²) in [6.45, 7) is 1.70. The number of benzene rings is 1. The van der Waals surface area contributed by atoms with Gasteiger partial charge in [0.1, 0.15) is 24.3 Å². The summed E-state index contributed by atoms with van der Waals surface area (Å²) >= 11 is 0. The Morgan fingerprint density at radius 3 is 2.65 bits per heavy atom. The van der Waals surface area contributed by atoms with Crippen molar-refractivity contribution in [2.24, 2.45) is 0 Å². The van der Waals surface area contributed by atoms with Gasteiger partial charge in [-0.1, -0.05) is 18.2 Å². The minimum atomic E-state index is -4.66. The second-order valence-corrected chi connectivity index (χ2v) is 5.59. The molecule has 7 nitrogen and oxygen atoms in total. The van der Waals surface area contributed by atoms with Crippen molar-refractivity contribution in [3.8, 4) is 5.75 Å². The lowest BCUT2D eigenvalue weighted by Crippen LogP contribution is -2.27. The molecular formula is C16H16F3N5O2. The lowest BCUT2D eigenvalue weighted by Gasteiger charge is -2.14. The van der Waals surface area contributed by atoms with Gasteiger partial charge in [0.2, 0.25) is 0 Å². The summed E-state index contributed by atoms with van der Waals surface area (Å²) in [4.78, 5) is 7.33. The first-order chi connectivity index (χ1) is 12.3. The molecule has 1 unspecified atom stereocenters. The average molecular weight is 367 g/mol. The summed E-state index contributed by atoms with van der Waals surface area (Å²) in [6, 6.07) is 10.5. The third-order valence-electron chi connectivity index (χ3n) is 3.40. The van der Waals surface area contributed by atoms with Crippen LogP contribution < -0.4 is 10.1 Å². The quantitative estimate of drug-likeness (QED) is 0.696. The molecule has 0 spiro atoms. The molecule has 2 N–H and O–H groups in total. The van der Waals surface area contributed by atoms with Crippen LogP contribution in [0.25, 0.3) is 5.78 Å². The summed E-state index contributed by atoms with van der Waals surface area (Å²) < 4.78 is 44.8. The van der Waals surface area contributed by atoms with E-state index in [-0.39, 0.29) is 24.7 Å². The molecule has 0 bridgehead atoms. The van der Waals surface area contributed by atoms with Crippen molar-refractivity contribution in [1.29, 1.82) is 0 Å². The van der Waals surface area contributed by atoms with E-state index in [0.717, 1.165) is 4.52 Å². The molecule has 1 atom stereocenters. The lowest BCUT2D eigenvalue weighted by molar-refractivity contribution is -0.144. The molecule has 0 amide bonds. The van der Waals surface area contributed by atoms with Gasteiger partial charge in [0.05, 0.1) is 0 Å². The fraction of sp³-hybridized carbons (Fsp3) is 0.312. The summed E-state index contributed by atoms with van der Waals surface area (Å²) in [7, 11) is 0. The minimum absolute atomic E-state index is 0.0232. The van der Waals surface area contributed by atoms with Crippen LogP contribution in [0.1, 0.15) is 11.5 Å². The van der Waals surface area contributed by atoms with Gasteiger partial charge in [-0.15, -0.1) is 5.10 Å². The van der Waals surface area contributed by atoms with E-state index in [4.69, 9.17) is 4.74 Å². The summed E-state index contributed by atoms with van der Waals surface area (Å²) in [6.07, 6.45) is -5.55. The second kappa shape index (κ2) is 7.16. The molecule has 3 aromatic rings. The summed E-state index contributed by atoms with van der Waals surface area (Å²) in [5, 5.41) is 16.3. The van der Waals surface area contributed by atoms with Crippen molar-refractivity contribution in [2.45, 2.75) is 19.2 Å². The number of nitrogens with one attached hydrogen (secondary N) is 1. The van der Waals surface area contributed by atoms with E-state index in [0.29, 0.717) is 11.4 Å². The number of ether oxygens (including phenoxy) is 1. The second-order valence-electron chi connectivity index (χ2n) is 5.59. The van der Waals surface area contributed by atoms with E-state index >= 15 is 0 Å². The van der Waals surface area contributed by atoms with E-state index in [1.54, 1.807) is 31.2 Å². The van der Waals surface area contributed by atoms with E-state index < -0.39 is 18.1 Å². The Morgan fingerprint density at radius 2 is 1.96 bits per heavy atom. The van der Waals surface area contributed by atoms with Crippen molar-refractivity contribution >= 4 is 11.6 Å². The number of aromatic nitrogens is 4. The van der Waals surface area contributed by atoms with Gasteiger partial charge >= 0.3 is 6.18 Å². The number of hydrogen-bond donors (Lipinski definition) is 2. The van der Waals surface area contributed by atoms with E-state index in [1.807, 2.05) is 6.07 Å². The van der Waals surface area contributed by atoms with Crippen LogP contribution in [0.5, 0.6) is 5.75 Å². The zero-order valence-corrected chi connectivity index (χ0v) is 13.7. The molecule has 0 aliphatic rings. The summed E-state index contributed by atoms with van der Waals surface area (Å²) in [5.41, 5.74) is 0.469. The fourth-order valence-electron chi connectivity index (χ4n) is 2.22. The smallest absolute Gasteiger partial charge is 0.453 e. The Balaban J connectivity index is 1.69. The number of anilines is 1. The highest BCUT2D eigenvalue weighted by Crippen LogP contribution is 2.27. The first kappa shape index (κ1) is 17.9. The van der Waals surface area contributed by atoms with Crippen LogP contribution in [0.3, 0.4) is 0 Å². The first-order valence-corrected chi connectivity index (χ1v) is 7.74. The predicted octanol–water partition coefficient (Wildman–Crippen LogP) is 2.30. The van der Waals surface area contributed by atoms with Crippen molar-refractivity contribution in [3.63, 3.8) is 0 Å². The topological polar surface area (TPSA) is 84.6 Å². The van der Waals surface area contributed by atoms with Gasteiger partial charge in [-0.2, -0.15) is 22.7 Å². The maximum absolute atomic E-state index is 12.8. The van der Waals surface area contributed by atoms with Crippen LogP contribution in [-0.2, 0) is 6.18 Å². The summed E-state index contributed by atoms with van der Waals surface area (Å²) in [5.74, 6) is -0.587. The average Bonchev–Trinajstić information content (AvgIpc) is 3.03. The fourth-order valence-corrected chi connectivity index (χ4v) is 2.22. The number of nitrogens with zero attached hydrogens (tertiary/aromatic N) is 4. The molecule has 0 saturated carbocycles. The molecule has 2 heterocycles. The molecule has 0 saturated heterocycles. The lowest BCUT2D eigenvalue weighted by atomic mass is 10.3. The van der Waals surface area contributed by atoms with Crippen LogP contribution in [-0.4, -0.2) is 43.9 Å². The van der Waals surface area contributed by atoms with Crippen LogP contribution in [0.4, 0.5) is 19.0 Å². The maximum atomic E-state index is 12.8. The molecule has 138 valence electrons. The maximum Gasteiger partial charge on any atom is 0.453 e. The van der Waals surface area contributed by atoms with E-state index in [1.165, 1.54) is 6.07 Å². The molecule has 0 aliphatic heterocycles. The van der Waals surface area contributed by atoms with Crippen LogP contribution in [0.2, 0.25) is 0 Å². The zero-order valence-electron chi connectivity index (χ0n) is 13.7. The van der Waals surface area contributed by atoms with Crippen molar-refractivity contribution in [1.82, 2.24) is 19.6 Å². The van der Waals surface area contributed by atoms with E-state index in [9.17, 15) is 18.3 Å². The van der Waals surface area contributed by atoms with Gasteiger partial charge in [0.25, 0.3) is 11.6 Å². The largest absolute Gasteiger partial charge is 0.491 e. The van der Waals surface area contributed by atoms with Crippen molar-refractivity contribution < 1.29 is 23.0 Å². The van der Waals surface area contributed by atoms with Crippen LogP contribution >= 0.6 is 0 Å². The molecule has 2 aromatic heterocycles. The highest BCUT2D eigenvalue weighted by Gasteiger charge is 2.36.